The maximum Gasteiger partial charge on any atom is 0.411 e. The van der Waals surface area contributed by atoms with Crippen LogP contribution in [0.1, 0.15) is 24.8 Å². The molecule has 164 valence electrons. The smallest absolute Gasteiger partial charge is 0.411 e. The van der Waals surface area contributed by atoms with Gasteiger partial charge in [-0.2, -0.15) is 0 Å². The summed E-state index contributed by atoms with van der Waals surface area (Å²) in [6, 6.07) is 7.63. The number of benzene rings is 1. The lowest BCUT2D eigenvalue weighted by atomic mass is 10.1. The van der Waals surface area contributed by atoms with Crippen molar-refractivity contribution >= 4 is 41.7 Å². The second-order valence-corrected chi connectivity index (χ2v) is 6.62. The van der Waals surface area contributed by atoms with E-state index in [1.807, 2.05) is 24.3 Å². The standard InChI is InChI=1S/C20H32N4O4.HI/c1-21-19(24-11-9-18(10-12-24)28-14-4-13-26-2)22-15-16-5-7-17(8-6-16)23-20(25)27-3;/h5-8,18H,4,9-15H2,1-3H3,(H,21,22)(H,23,25);1H. The zero-order valence-electron chi connectivity index (χ0n) is 17.5. The van der Waals surface area contributed by atoms with Crippen molar-refractivity contribution in [2.75, 3.05) is 52.9 Å². The number of aliphatic imine (C=N–C) groups is 1. The Bertz CT molecular complexity index is 619. The van der Waals surface area contributed by atoms with Gasteiger partial charge in [0.05, 0.1) is 13.2 Å². The number of likely N-dealkylation sites (tertiary alicyclic amines) is 1. The summed E-state index contributed by atoms with van der Waals surface area (Å²) >= 11 is 0. The Morgan fingerprint density at radius 2 is 1.86 bits per heavy atom. The highest BCUT2D eigenvalue weighted by Crippen LogP contribution is 2.15. The minimum absolute atomic E-state index is 0. The zero-order valence-corrected chi connectivity index (χ0v) is 19.8. The van der Waals surface area contributed by atoms with E-state index >= 15 is 0 Å². The number of guanidine groups is 1. The molecule has 1 aromatic carbocycles. The van der Waals surface area contributed by atoms with E-state index in [1.165, 1.54) is 7.11 Å². The van der Waals surface area contributed by atoms with Crippen molar-refractivity contribution in [3.05, 3.63) is 29.8 Å². The van der Waals surface area contributed by atoms with Crippen molar-refractivity contribution in [2.45, 2.75) is 31.9 Å². The summed E-state index contributed by atoms with van der Waals surface area (Å²) in [7, 11) is 4.86. The predicted molar refractivity (Wildman–Crippen MR) is 125 cm³/mol. The van der Waals surface area contributed by atoms with E-state index in [9.17, 15) is 4.79 Å². The van der Waals surface area contributed by atoms with Gasteiger partial charge in [0.25, 0.3) is 0 Å². The summed E-state index contributed by atoms with van der Waals surface area (Å²) in [5, 5.41) is 6.05. The average Bonchev–Trinajstić information content (AvgIpc) is 2.73. The molecule has 1 heterocycles. The van der Waals surface area contributed by atoms with E-state index in [2.05, 4.69) is 25.3 Å². The van der Waals surface area contributed by atoms with E-state index in [4.69, 9.17) is 9.47 Å². The van der Waals surface area contributed by atoms with Crippen LogP contribution in [0.2, 0.25) is 0 Å². The molecule has 1 amide bonds. The Balaban J connectivity index is 0.00000420. The van der Waals surface area contributed by atoms with Gasteiger partial charge in [0.2, 0.25) is 0 Å². The summed E-state index contributed by atoms with van der Waals surface area (Å²) < 4.78 is 15.6. The first-order valence-electron chi connectivity index (χ1n) is 9.66. The van der Waals surface area contributed by atoms with E-state index in [0.29, 0.717) is 18.3 Å². The molecular formula is C20H33IN4O4. The van der Waals surface area contributed by atoms with Crippen LogP contribution in [0.5, 0.6) is 0 Å². The van der Waals surface area contributed by atoms with Crippen LogP contribution in [-0.4, -0.2) is 70.6 Å². The number of carbonyl (C=O) groups is 1. The molecule has 2 rings (SSSR count). The van der Waals surface area contributed by atoms with Crippen molar-refractivity contribution < 1.29 is 19.0 Å². The highest BCUT2D eigenvalue weighted by molar-refractivity contribution is 14.0. The molecule has 0 aromatic heterocycles. The van der Waals surface area contributed by atoms with Gasteiger partial charge < -0.3 is 24.4 Å². The molecule has 1 aliphatic rings. The monoisotopic (exact) mass is 520 g/mol. The molecule has 0 saturated carbocycles. The lowest BCUT2D eigenvalue weighted by Gasteiger charge is -2.34. The molecule has 1 aromatic rings. The third-order valence-electron chi connectivity index (χ3n) is 4.64. The molecule has 1 aliphatic heterocycles. The van der Waals surface area contributed by atoms with Crippen molar-refractivity contribution in [3.8, 4) is 0 Å². The van der Waals surface area contributed by atoms with Crippen LogP contribution in [0.4, 0.5) is 10.5 Å². The van der Waals surface area contributed by atoms with E-state index in [1.54, 1.807) is 14.2 Å². The molecule has 1 saturated heterocycles. The summed E-state index contributed by atoms with van der Waals surface area (Å²) in [5.41, 5.74) is 1.81. The lowest BCUT2D eigenvalue weighted by molar-refractivity contribution is 0.00989. The van der Waals surface area contributed by atoms with E-state index < -0.39 is 6.09 Å². The second-order valence-electron chi connectivity index (χ2n) is 6.62. The number of nitrogens with zero attached hydrogens (tertiary/aromatic N) is 2. The third-order valence-corrected chi connectivity index (χ3v) is 4.64. The van der Waals surface area contributed by atoms with Crippen LogP contribution in [0.25, 0.3) is 0 Å². The number of nitrogens with one attached hydrogen (secondary N) is 2. The number of amides is 1. The lowest BCUT2D eigenvalue weighted by Crippen LogP contribution is -2.46. The van der Waals surface area contributed by atoms with Crippen LogP contribution in [0.15, 0.2) is 29.3 Å². The molecule has 1 fully saturated rings. The molecule has 0 aliphatic carbocycles. The summed E-state index contributed by atoms with van der Waals surface area (Å²) in [6.45, 7) is 4.02. The fraction of sp³-hybridized carbons (Fsp3) is 0.600. The normalized spacial score (nSPS) is 14.9. The van der Waals surface area contributed by atoms with Gasteiger partial charge in [-0.15, -0.1) is 24.0 Å². The molecule has 9 heteroatoms. The van der Waals surface area contributed by atoms with E-state index in [0.717, 1.165) is 57.1 Å². The number of ether oxygens (including phenoxy) is 3. The van der Waals surface area contributed by atoms with Gasteiger partial charge in [-0.25, -0.2) is 4.79 Å². The topological polar surface area (TPSA) is 84.4 Å². The second kappa shape index (κ2) is 14.4. The third kappa shape index (κ3) is 9.18. The van der Waals surface area contributed by atoms with Crippen LogP contribution in [0, 0.1) is 0 Å². The van der Waals surface area contributed by atoms with Crippen molar-refractivity contribution in [1.82, 2.24) is 10.2 Å². The molecule has 0 radical (unpaired) electrons. The number of halogens is 1. The molecular weight excluding hydrogens is 487 g/mol. The Labute approximate surface area is 190 Å². The zero-order chi connectivity index (χ0) is 20.2. The van der Waals surface area contributed by atoms with E-state index in [-0.39, 0.29) is 24.0 Å². The van der Waals surface area contributed by atoms with Crippen LogP contribution < -0.4 is 10.6 Å². The van der Waals surface area contributed by atoms with Crippen LogP contribution >= 0.6 is 24.0 Å². The number of hydrogen-bond donors (Lipinski definition) is 2. The molecule has 0 atom stereocenters. The highest BCUT2D eigenvalue weighted by atomic mass is 127. The summed E-state index contributed by atoms with van der Waals surface area (Å²) in [6.07, 6.45) is 2.79. The predicted octanol–water partition coefficient (Wildman–Crippen LogP) is 3.08. The first-order valence-corrected chi connectivity index (χ1v) is 9.66. The first-order chi connectivity index (χ1) is 13.7. The number of rotatable bonds is 8. The number of methoxy groups -OCH3 is 2. The number of piperidine rings is 1. The fourth-order valence-electron chi connectivity index (χ4n) is 3.08. The summed E-state index contributed by atoms with van der Waals surface area (Å²) in [5.74, 6) is 0.898. The van der Waals surface area contributed by atoms with Gasteiger partial charge in [-0.05, 0) is 37.0 Å². The van der Waals surface area contributed by atoms with Crippen molar-refractivity contribution in [1.29, 1.82) is 0 Å². The average molecular weight is 520 g/mol. The minimum atomic E-state index is -0.475. The van der Waals surface area contributed by atoms with Crippen molar-refractivity contribution in [3.63, 3.8) is 0 Å². The van der Waals surface area contributed by atoms with Crippen LogP contribution in [0.3, 0.4) is 0 Å². The molecule has 0 spiro atoms. The van der Waals surface area contributed by atoms with Gasteiger partial charge in [0, 0.05) is 52.7 Å². The van der Waals surface area contributed by atoms with Crippen LogP contribution in [-0.2, 0) is 20.8 Å². The summed E-state index contributed by atoms with van der Waals surface area (Å²) in [4.78, 5) is 17.9. The molecule has 29 heavy (non-hydrogen) atoms. The maximum absolute atomic E-state index is 11.2. The molecule has 0 unspecified atom stereocenters. The van der Waals surface area contributed by atoms with Crippen molar-refractivity contribution in [2.24, 2.45) is 4.99 Å². The van der Waals surface area contributed by atoms with Gasteiger partial charge in [-0.3, -0.25) is 10.3 Å². The number of carbonyl (C=O) groups excluding carboxylic acids is 1. The Morgan fingerprint density at radius 1 is 1.17 bits per heavy atom. The largest absolute Gasteiger partial charge is 0.453 e. The highest BCUT2D eigenvalue weighted by Gasteiger charge is 2.21. The van der Waals surface area contributed by atoms with Gasteiger partial charge >= 0.3 is 6.09 Å². The molecule has 8 nitrogen and oxygen atoms in total. The Morgan fingerprint density at radius 3 is 2.45 bits per heavy atom. The fourth-order valence-corrected chi connectivity index (χ4v) is 3.08. The number of anilines is 1. The Hall–Kier alpha value is -1.59. The van der Waals surface area contributed by atoms with Gasteiger partial charge in [-0.1, -0.05) is 12.1 Å². The minimum Gasteiger partial charge on any atom is -0.453 e. The SMILES string of the molecule is CN=C(NCc1ccc(NC(=O)OC)cc1)N1CCC(OCCCOC)CC1.I. The molecule has 0 bridgehead atoms. The van der Waals surface area contributed by atoms with Gasteiger partial charge in [0.15, 0.2) is 5.96 Å². The van der Waals surface area contributed by atoms with Gasteiger partial charge in [0.1, 0.15) is 0 Å². The Kier molecular flexibility index (Phi) is 12.6. The maximum atomic E-state index is 11.2. The first kappa shape index (κ1) is 25.4. The molecule has 2 N–H and O–H groups in total. The quantitative estimate of drug-likeness (QED) is 0.237. The number of hydrogen-bond acceptors (Lipinski definition) is 5.